The van der Waals surface area contributed by atoms with Gasteiger partial charge < -0.3 is 5.32 Å². The van der Waals surface area contributed by atoms with Crippen LogP contribution in [0.25, 0.3) is 0 Å². The number of nitrogens with one attached hydrogen (secondary N) is 2. The van der Waals surface area contributed by atoms with E-state index in [2.05, 4.69) is 14.9 Å². The summed E-state index contributed by atoms with van der Waals surface area (Å²) in [5, 5.41) is 3.70. The summed E-state index contributed by atoms with van der Waals surface area (Å²) < 4.78 is 28.4. The number of para-hydroxylation sites is 1. The number of hydrogen-bond acceptors (Lipinski definition) is 4. The third-order valence-electron chi connectivity index (χ3n) is 6.46. The highest BCUT2D eigenvalue weighted by molar-refractivity contribution is 7.92. The minimum absolute atomic E-state index is 0.0355. The first-order chi connectivity index (χ1) is 16.7. The molecule has 0 saturated carbocycles. The molecule has 4 rings (SSSR count). The molecule has 184 valence electrons. The number of carbonyl (C=O) groups excluding carboxylic acids is 1. The minimum atomic E-state index is -3.74. The summed E-state index contributed by atoms with van der Waals surface area (Å²) in [4.78, 5) is 15.3. The van der Waals surface area contributed by atoms with Gasteiger partial charge >= 0.3 is 0 Å². The largest absolute Gasteiger partial charge is 0.326 e. The monoisotopic (exact) mass is 511 g/mol. The zero-order valence-corrected chi connectivity index (χ0v) is 21.5. The average Bonchev–Trinajstić information content (AvgIpc) is 2.84. The van der Waals surface area contributed by atoms with Crippen molar-refractivity contribution in [2.45, 2.75) is 38.1 Å². The number of anilines is 2. The zero-order chi connectivity index (χ0) is 25.0. The molecule has 35 heavy (non-hydrogen) atoms. The maximum absolute atomic E-state index is 12.9. The average molecular weight is 512 g/mol. The van der Waals surface area contributed by atoms with Crippen molar-refractivity contribution in [1.82, 2.24) is 4.90 Å². The van der Waals surface area contributed by atoms with E-state index in [0.29, 0.717) is 11.4 Å². The lowest BCUT2D eigenvalue weighted by atomic mass is 9.95. The molecule has 1 aliphatic rings. The molecule has 0 bridgehead atoms. The second-order valence-electron chi connectivity index (χ2n) is 9.03. The van der Waals surface area contributed by atoms with Crippen molar-refractivity contribution in [3.8, 4) is 0 Å². The molecule has 1 saturated heterocycles. The molecule has 1 fully saturated rings. The van der Waals surface area contributed by atoms with E-state index in [1.807, 2.05) is 56.3 Å². The van der Waals surface area contributed by atoms with Gasteiger partial charge in [-0.15, -0.1) is 0 Å². The van der Waals surface area contributed by atoms with Crippen LogP contribution in [0.3, 0.4) is 0 Å². The Balaban J connectivity index is 1.32. The van der Waals surface area contributed by atoms with Crippen LogP contribution >= 0.6 is 11.6 Å². The van der Waals surface area contributed by atoms with Gasteiger partial charge in [0.25, 0.3) is 10.0 Å². The Morgan fingerprint density at radius 3 is 2.20 bits per heavy atom. The molecule has 0 spiro atoms. The molecular weight excluding hydrogens is 482 g/mol. The van der Waals surface area contributed by atoms with Gasteiger partial charge in [0.1, 0.15) is 0 Å². The fourth-order valence-corrected chi connectivity index (χ4v) is 5.75. The maximum Gasteiger partial charge on any atom is 0.261 e. The van der Waals surface area contributed by atoms with Crippen molar-refractivity contribution in [3.63, 3.8) is 0 Å². The first-order valence-electron chi connectivity index (χ1n) is 11.7. The van der Waals surface area contributed by atoms with Gasteiger partial charge in [0.15, 0.2) is 0 Å². The Morgan fingerprint density at radius 1 is 0.943 bits per heavy atom. The van der Waals surface area contributed by atoms with Crippen LogP contribution in [0.15, 0.2) is 71.6 Å². The summed E-state index contributed by atoms with van der Waals surface area (Å²) in [5.74, 6) is -0.113. The molecule has 3 aromatic rings. The van der Waals surface area contributed by atoms with Crippen molar-refractivity contribution >= 4 is 38.9 Å². The molecule has 0 unspecified atom stereocenters. The number of aryl methyl sites for hydroxylation is 2. The Bertz CT molecular complexity index is 1280. The van der Waals surface area contributed by atoms with Crippen molar-refractivity contribution in [3.05, 3.63) is 88.4 Å². The first kappa shape index (κ1) is 25.2. The first-order valence-corrected chi connectivity index (χ1v) is 13.5. The van der Waals surface area contributed by atoms with Crippen LogP contribution in [0.5, 0.6) is 0 Å². The molecule has 2 N–H and O–H groups in total. The molecule has 0 aromatic heterocycles. The molecule has 8 heteroatoms. The van der Waals surface area contributed by atoms with Crippen LogP contribution < -0.4 is 10.0 Å². The number of piperidine rings is 1. The van der Waals surface area contributed by atoms with E-state index in [1.54, 1.807) is 12.1 Å². The van der Waals surface area contributed by atoms with Gasteiger partial charge in [0.2, 0.25) is 5.91 Å². The summed E-state index contributed by atoms with van der Waals surface area (Å²) in [6.45, 7) is 6.16. The topological polar surface area (TPSA) is 78.5 Å². The number of halogens is 1. The minimum Gasteiger partial charge on any atom is -0.326 e. The molecular formula is C27H30ClN3O3S. The summed E-state index contributed by atoms with van der Waals surface area (Å²) in [5.41, 5.74) is 3.98. The number of nitrogens with zero attached hydrogens (tertiary/aromatic N) is 1. The number of carbonyl (C=O) groups is 1. The highest BCUT2D eigenvalue weighted by Crippen LogP contribution is 2.26. The van der Waals surface area contributed by atoms with Crippen LogP contribution in [-0.4, -0.2) is 32.3 Å². The number of rotatable bonds is 7. The normalized spacial score (nSPS) is 15.1. The second kappa shape index (κ2) is 10.8. The highest BCUT2D eigenvalue weighted by Gasteiger charge is 2.25. The fraction of sp³-hybridized carbons (Fsp3) is 0.296. The summed E-state index contributed by atoms with van der Waals surface area (Å²) in [6, 6.07) is 19.7. The molecule has 1 amide bonds. The Morgan fingerprint density at radius 2 is 1.57 bits per heavy atom. The fourth-order valence-electron chi connectivity index (χ4n) is 4.35. The van der Waals surface area contributed by atoms with Crippen LogP contribution in [-0.2, 0) is 21.4 Å². The van der Waals surface area contributed by atoms with Gasteiger partial charge in [-0.1, -0.05) is 48.0 Å². The number of sulfonamides is 1. The van der Waals surface area contributed by atoms with Crippen LogP contribution in [0.2, 0.25) is 5.02 Å². The standard InChI is InChI=1S/C27H30ClN3O3S/c1-19-6-5-7-20(2)26(19)30-35(33,34)24-12-10-23(11-13-24)29-27(32)21-14-16-31(17-15-21)18-22-8-3-4-9-25(22)28/h3-13,21,30H,14-18H2,1-2H3,(H,29,32). The number of amides is 1. The highest BCUT2D eigenvalue weighted by atomic mass is 35.5. The van der Waals surface area contributed by atoms with Gasteiger partial charge in [0.05, 0.1) is 10.6 Å². The molecule has 0 atom stereocenters. The van der Waals surface area contributed by atoms with Crippen molar-refractivity contribution in [1.29, 1.82) is 0 Å². The Kier molecular flexibility index (Phi) is 7.79. The lowest BCUT2D eigenvalue weighted by Gasteiger charge is -2.31. The number of hydrogen-bond donors (Lipinski definition) is 2. The Hall–Kier alpha value is -2.87. The third-order valence-corrected chi connectivity index (χ3v) is 8.19. The van der Waals surface area contributed by atoms with E-state index in [-0.39, 0.29) is 16.7 Å². The molecule has 3 aromatic carbocycles. The van der Waals surface area contributed by atoms with Gasteiger partial charge in [0, 0.05) is 23.2 Å². The lowest BCUT2D eigenvalue weighted by Crippen LogP contribution is -2.37. The second-order valence-corrected chi connectivity index (χ2v) is 11.1. The van der Waals surface area contributed by atoms with E-state index < -0.39 is 10.0 Å². The molecule has 0 radical (unpaired) electrons. The van der Waals surface area contributed by atoms with E-state index in [4.69, 9.17) is 11.6 Å². The van der Waals surface area contributed by atoms with Crippen LogP contribution in [0, 0.1) is 19.8 Å². The van der Waals surface area contributed by atoms with Gasteiger partial charge in [-0.25, -0.2) is 8.42 Å². The van der Waals surface area contributed by atoms with E-state index >= 15 is 0 Å². The smallest absolute Gasteiger partial charge is 0.261 e. The van der Waals surface area contributed by atoms with Crippen LogP contribution in [0.4, 0.5) is 11.4 Å². The van der Waals surface area contributed by atoms with Gasteiger partial charge in [-0.3, -0.25) is 14.4 Å². The van der Waals surface area contributed by atoms with E-state index in [0.717, 1.165) is 54.2 Å². The summed E-state index contributed by atoms with van der Waals surface area (Å²) in [6.07, 6.45) is 1.53. The predicted molar refractivity (Wildman–Crippen MR) is 141 cm³/mol. The van der Waals surface area contributed by atoms with Gasteiger partial charge in [-0.2, -0.15) is 0 Å². The lowest BCUT2D eigenvalue weighted by molar-refractivity contribution is -0.121. The number of likely N-dealkylation sites (tertiary alicyclic amines) is 1. The summed E-state index contributed by atoms with van der Waals surface area (Å²) in [7, 11) is -3.74. The zero-order valence-electron chi connectivity index (χ0n) is 19.9. The van der Waals surface area contributed by atoms with Gasteiger partial charge in [-0.05, 0) is 86.8 Å². The van der Waals surface area contributed by atoms with Crippen molar-refractivity contribution in [2.24, 2.45) is 5.92 Å². The molecule has 6 nitrogen and oxygen atoms in total. The molecule has 0 aliphatic carbocycles. The predicted octanol–water partition coefficient (Wildman–Crippen LogP) is 5.61. The quantitative estimate of drug-likeness (QED) is 0.432. The van der Waals surface area contributed by atoms with E-state index in [9.17, 15) is 13.2 Å². The summed E-state index contributed by atoms with van der Waals surface area (Å²) >= 11 is 6.27. The van der Waals surface area contributed by atoms with Crippen molar-refractivity contribution < 1.29 is 13.2 Å². The van der Waals surface area contributed by atoms with E-state index in [1.165, 1.54) is 12.1 Å². The third kappa shape index (κ3) is 6.23. The SMILES string of the molecule is Cc1cccc(C)c1NS(=O)(=O)c1ccc(NC(=O)C2CCN(Cc3ccccc3Cl)CC2)cc1. The van der Waals surface area contributed by atoms with Crippen molar-refractivity contribution in [2.75, 3.05) is 23.1 Å². The molecule has 1 aliphatic heterocycles. The Labute approximate surface area is 212 Å². The van der Waals surface area contributed by atoms with Crippen LogP contribution in [0.1, 0.15) is 29.5 Å². The maximum atomic E-state index is 12.9. The number of benzene rings is 3. The molecule has 1 heterocycles.